The summed E-state index contributed by atoms with van der Waals surface area (Å²) >= 11 is 0. The Balaban J connectivity index is 2.19. The summed E-state index contributed by atoms with van der Waals surface area (Å²) in [5.74, 6) is -0.356. The lowest BCUT2D eigenvalue weighted by molar-refractivity contribution is -0.120. The quantitative estimate of drug-likeness (QED) is 0.706. The molecule has 0 radical (unpaired) electrons. The summed E-state index contributed by atoms with van der Waals surface area (Å²) in [5.41, 5.74) is 0. The molecule has 0 unspecified atom stereocenters. The average molecular weight is 224 g/mol. The van der Waals surface area contributed by atoms with Crippen LogP contribution in [0.25, 0.3) is 0 Å². The van der Waals surface area contributed by atoms with Gasteiger partial charge in [0.05, 0.1) is 12.8 Å². The molecule has 0 aliphatic carbocycles. The molecular weight excluding hydrogens is 208 g/mol. The van der Waals surface area contributed by atoms with Crippen molar-refractivity contribution in [3.05, 3.63) is 24.2 Å². The number of carbonyl (C=O) groups excluding carboxylic acids is 2. The molecule has 0 aliphatic rings. The Labute approximate surface area is 94.2 Å². The van der Waals surface area contributed by atoms with Crippen LogP contribution in [-0.2, 0) is 4.79 Å². The molecule has 88 valence electrons. The maximum absolute atomic E-state index is 11.4. The van der Waals surface area contributed by atoms with Gasteiger partial charge in [0, 0.05) is 6.54 Å². The molecule has 2 amide bonds. The maximum atomic E-state index is 11.4. The number of amides is 2. The third-order valence-electron chi connectivity index (χ3n) is 2.01. The first kappa shape index (κ1) is 12.3. The third-order valence-corrected chi connectivity index (χ3v) is 2.01. The molecule has 1 aromatic heterocycles. The van der Waals surface area contributed by atoms with Crippen LogP contribution in [0.4, 0.5) is 0 Å². The van der Waals surface area contributed by atoms with Crippen molar-refractivity contribution in [3.8, 4) is 0 Å². The molecule has 1 rings (SSSR count). The number of hydrogen-bond acceptors (Lipinski definition) is 3. The molecule has 16 heavy (non-hydrogen) atoms. The number of nitrogens with one attached hydrogen (secondary N) is 2. The molecule has 0 aromatic carbocycles. The number of rotatable bonds is 6. The Morgan fingerprint density at radius 3 is 2.81 bits per heavy atom. The van der Waals surface area contributed by atoms with E-state index < -0.39 is 0 Å². The first-order valence-corrected chi connectivity index (χ1v) is 5.32. The molecule has 1 aromatic rings. The fraction of sp³-hybridized carbons (Fsp3) is 0.455. The lowest BCUT2D eigenvalue weighted by atomic mass is 10.3. The van der Waals surface area contributed by atoms with Gasteiger partial charge < -0.3 is 15.1 Å². The minimum atomic E-state index is -0.379. The normalized spacial score (nSPS) is 9.81. The number of carbonyl (C=O) groups is 2. The van der Waals surface area contributed by atoms with Crippen molar-refractivity contribution < 1.29 is 14.0 Å². The molecule has 2 N–H and O–H groups in total. The van der Waals surface area contributed by atoms with E-state index in [1.807, 2.05) is 6.92 Å². The number of furan rings is 1. The highest BCUT2D eigenvalue weighted by molar-refractivity contribution is 5.94. The molecule has 0 atom stereocenters. The second kappa shape index (κ2) is 6.66. The molecule has 0 saturated heterocycles. The first-order chi connectivity index (χ1) is 7.74. The molecule has 0 bridgehead atoms. The molecule has 0 saturated carbocycles. The molecule has 5 nitrogen and oxygen atoms in total. The second-order valence-electron chi connectivity index (χ2n) is 3.36. The van der Waals surface area contributed by atoms with Crippen molar-refractivity contribution in [1.82, 2.24) is 10.6 Å². The lowest BCUT2D eigenvalue weighted by Crippen LogP contribution is -2.37. The summed E-state index contributed by atoms with van der Waals surface area (Å²) in [4.78, 5) is 22.6. The highest BCUT2D eigenvalue weighted by atomic mass is 16.3. The predicted molar refractivity (Wildman–Crippen MR) is 59.0 cm³/mol. The molecule has 5 heteroatoms. The Kier molecular flexibility index (Phi) is 5.11. The van der Waals surface area contributed by atoms with Crippen LogP contribution in [0.1, 0.15) is 30.3 Å². The third kappa shape index (κ3) is 4.16. The van der Waals surface area contributed by atoms with Crippen LogP contribution in [-0.4, -0.2) is 24.9 Å². The smallest absolute Gasteiger partial charge is 0.287 e. The lowest BCUT2D eigenvalue weighted by Gasteiger charge is -2.04. The van der Waals surface area contributed by atoms with Gasteiger partial charge in [-0.05, 0) is 18.6 Å². The van der Waals surface area contributed by atoms with Crippen molar-refractivity contribution in [2.75, 3.05) is 13.1 Å². The van der Waals surface area contributed by atoms with Gasteiger partial charge in [-0.1, -0.05) is 13.3 Å². The van der Waals surface area contributed by atoms with E-state index in [9.17, 15) is 9.59 Å². The summed E-state index contributed by atoms with van der Waals surface area (Å²) in [6.45, 7) is 2.67. The van der Waals surface area contributed by atoms with Gasteiger partial charge in [-0.25, -0.2) is 0 Å². The Morgan fingerprint density at radius 2 is 2.19 bits per heavy atom. The van der Waals surface area contributed by atoms with Crippen molar-refractivity contribution in [3.63, 3.8) is 0 Å². The van der Waals surface area contributed by atoms with Crippen LogP contribution in [0.3, 0.4) is 0 Å². The van der Waals surface area contributed by atoms with Crippen LogP contribution in [0.2, 0.25) is 0 Å². The summed E-state index contributed by atoms with van der Waals surface area (Å²) < 4.78 is 4.88. The van der Waals surface area contributed by atoms with Gasteiger partial charge in [-0.2, -0.15) is 0 Å². The van der Waals surface area contributed by atoms with Gasteiger partial charge in [0.1, 0.15) is 0 Å². The fourth-order valence-corrected chi connectivity index (χ4v) is 1.12. The van der Waals surface area contributed by atoms with Gasteiger partial charge in [-0.3, -0.25) is 9.59 Å². The molecule has 0 spiro atoms. The topological polar surface area (TPSA) is 71.3 Å². The highest BCUT2D eigenvalue weighted by Gasteiger charge is 2.09. The zero-order valence-electron chi connectivity index (χ0n) is 9.29. The van der Waals surface area contributed by atoms with Crippen LogP contribution >= 0.6 is 0 Å². The minimum Gasteiger partial charge on any atom is -0.459 e. The fourth-order valence-electron chi connectivity index (χ4n) is 1.12. The van der Waals surface area contributed by atoms with Gasteiger partial charge in [0.2, 0.25) is 5.91 Å². The van der Waals surface area contributed by atoms with Crippen LogP contribution in [0.5, 0.6) is 0 Å². The van der Waals surface area contributed by atoms with E-state index in [1.54, 1.807) is 12.1 Å². The van der Waals surface area contributed by atoms with Crippen molar-refractivity contribution in [1.29, 1.82) is 0 Å². The molecule has 0 aliphatic heterocycles. The van der Waals surface area contributed by atoms with E-state index in [2.05, 4.69) is 10.6 Å². The summed E-state index contributed by atoms with van der Waals surface area (Å²) in [6.07, 6.45) is 3.38. The Morgan fingerprint density at radius 1 is 1.38 bits per heavy atom. The average Bonchev–Trinajstić information content (AvgIpc) is 2.79. The van der Waals surface area contributed by atoms with E-state index in [-0.39, 0.29) is 24.1 Å². The maximum Gasteiger partial charge on any atom is 0.287 e. The zero-order valence-corrected chi connectivity index (χ0v) is 9.29. The van der Waals surface area contributed by atoms with Gasteiger partial charge in [-0.15, -0.1) is 0 Å². The van der Waals surface area contributed by atoms with Gasteiger partial charge in [0.25, 0.3) is 5.91 Å². The highest BCUT2D eigenvalue weighted by Crippen LogP contribution is 1.98. The van der Waals surface area contributed by atoms with Gasteiger partial charge in [0.15, 0.2) is 5.76 Å². The van der Waals surface area contributed by atoms with E-state index >= 15 is 0 Å². The van der Waals surface area contributed by atoms with Gasteiger partial charge >= 0.3 is 0 Å². The van der Waals surface area contributed by atoms with Crippen LogP contribution < -0.4 is 10.6 Å². The van der Waals surface area contributed by atoms with Crippen LogP contribution in [0, 0.1) is 0 Å². The summed E-state index contributed by atoms with van der Waals surface area (Å²) in [7, 11) is 0. The Hall–Kier alpha value is -1.78. The molecule has 1 heterocycles. The minimum absolute atomic E-state index is 0.0246. The summed E-state index contributed by atoms with van der Waals surface area (Å²) in [6, 6.07) is 3.17. The Bertz CT molecular complexity index is 333. The number of hydrogen-bond donors (Lipinski definition) is 2. The van der Waals surface area contributed by atoms with Crippen molar-refractivity contribution in [2.24, 2.45) is 0 Å². The predicted octanol–water partition coefficient (Wildman–Crippen LogP) is 0.926. The SMILES string of the molecule is CCCCNC(=O)CNC(=O)c1ccco1. The van der Waals surface area contributed by atoms with E-state index in [4.69, 9.17) is 4.42 Å². The monoisotopic (exact) mass is 224 g/mol. The second-order valence-corrected chi connectivity index (χ2v) is 3.36. The van der Waals surface area contributed by atoms with Crippen molar-refractivity contribution in [2.45, 2.75) is 19.8 Å². The van der Waals surface area contributed by atoms with Crippen molar-refractivity contribution >= 4 is 11.8 Å². The first-order valence-electron chi connectivity index (χ1n) is 5.32. The van der Waals surface area contributed by atoms with E-state index in [0.717, 1.165) is 12.8 Å². The standard InChI is InChI=1S/C11H16N2O3/c1-2-3-6-12-10(14)8-13-11(15)9-5-4-7-16-9/h4-5,7H,2-3,6,8H2,1H3,(H,12,14)(H,13,15). The zero-order chi connectivity index (χ0) is 11.8. The largest absolute Gasteiger partial charge is 0.459 e. The number of unbranched alkanes of at least 4 members (excludes halogenated alkanes) is 1. The van der Waals surface area contributed by atoms with E-state index in [0.29, 0.717) is 6.54 Å². The molecule has 0 fully saturated rings. The van der Waals surface area contributed by atoms with Crippen LogP contribution in [0.15, 0.2) is 22.8 Å². The van der Waals surface area contributed by atoms with E-state index in [1.165, 1.54) is 6.26 Å². The summed E-state index contributed by atoms with van der Waals surface area (Å²) in [5, 5.41) is 5.17. The molecular formula is C11H16N2O3.